The number of carboxylic acid groups (broad SMARTS) is 1. The largest absolute Gasteiger partial charge is 0.508 e. The lowest BCUT2D eigenvalue weighted by molar-refractivity contribution is -0.137. The summed E-state index contributed by atoms with van der Waals surface area (Å²) in [7, 11) is 0. The standard InChI is InChI=1S/C32H44N4O4/c1-24-22-34(23-25-11-12-25)17-19-36(24)31(27-7-3-9-29(37)21-27)26-6-2-8-28(20-26)32(40)35-15-5-14-33(16-18-35)13-4-10-30(38)39/h2-3,6-9,20-21,24-25,31,37H,4-5,10-19,22-23H2,1H3,(H,38,39). The molecule has 3 fully saturated rings. The maximum absolute atomic E-state index is 13.7. The molecular weight excluding hydrogens is 504 g/mol. The molecule has 8 heteroatoms. The van der Waals surface area contributed by atoms with Gasteiger partial charge in [-0.2, -0.15) is 0 Å². The van der Waals surface area contributed by atoms with Crippen LogP contribution in [0.1, 0.15) is 66.6 Å². The van der Waals surface area contributed by atoms with Crippen molar-refractivity contribution in [2.45, 2.75) is 51.1 Å². The summed E-state index contributed by atoms with van der Waals surface area (Å²) < 4.78 is 0. The third-order valence-electron chi connectivity index (χ3n) is 8.68. The van der Waals surface area contributed by atoms with Crippen molar-refractivity contribution in [2.75, 3.05) is 58.9 Å². The van der Waals surface area contributed by atoms with Crippen LogP contribution in [-0.4, -0.2) is 107 Å². The Balaban J connectivity index is 1.32. The Morgan fingerprint density at radius 3 is 2.40 bits per heavy atom. The van der Waals surface area contributed by atoms with Gasteiger partial charge < -0.3 is 24.9 Å². The summed E-state index contributed by atoms with van der Waals surface area (Å²) in [4.78, 5) is 33.9. The Labute approximate surface area is 238 Å². The second-order valence-corrected chi connectivity index (χ2v) is 11.9. The fraction of sp³-hybridized carbons (Fsp3) is 0.562. The van der Waals surface area contributed by atoms with Crippen LogP contribution in [0.4, 0.5) is 0 Å². The highest BCUT2D eigenvalue weighted by molar-refractivity contribution is 5.94. The molecule has 0 aromatic heterocycles. The number of carbonyl (C=O) groups is 2. The minimum Gasteiger partial charge on any atom is -0.508 e. The molecule has 0 bridgehead atoms. The Morgan fingerprint density at radius 1 is 0.925 bits per heavy atom. The van der Waals surface area contributed by atoms with Crippen LogP contribution < -0.4 is 0 Å². The molecular formula is C32H44N4O4. The van der Waals surface area contributed by atoms with Crippen molar-refractivity contribution in [3.8, 4) is 5.75 Å². The molecule has 1 aliphatic carbocycles. The summed E-state index contributed by atoms with van der Waals surface area (Å²) in [5.41, 5.74) is 2.81. The molecule has 8 nitrogen and oxygen atoms in total. The van der Waals surface area contributed by atoms with Gasteiger partial charge in [-0.3, -0.25) is 14.5 Å². The van der Waals surface area contributed by atoms with E-state index in [9.17, 15) is 14.7 Å². The van der Waals surface area contributed by atoms with Crippen molar-refractivity contribution >= 4 is 11.9 Å². The van der Waals surface area contributed by atoms with Crippen molar-refractivity contribution < 1.29 is 19.8 Å². The molecule has 2 heterocycles. The normalized spacial score (nSPS) is 22.1. The fourth-order valence-corrected chi connectivity index (χ4v) is 6.41. The number of phenols is 1. The second kappa shape index (κ2) is 13.1. The number of aliphatic carboxylic acids is 1. The lowest BCUT2D eigenvalue weighted by Gasteiger charge is -2.44. The number of amides is 1. The highest BCUT2D eigenvalue weighted by Gasteiger charge is 2.34. The molecule has 2 unspecified atom stereocenters. The molecule has 5 rings (SSSR count). The number of carboxylic acids is 1. The number of piperazine rings is 1. The predicted molar refractivity (Wildman–Crippen MR) is 156 cm³/mol. The molecule has 0 radical (unpaired) electrons. The summed E-state index contributed by atoms with van der Waals surface area (Å²) in [6.07, 6.45) is 4.42. The van der Waals surface area contributed by atoms with E-state index in [2.05, 4.69) is 39.8 Å². The monoisotopic (exact) mass is 548 g/mol. The number of rotatable bonds is 10. The quantitative estimate of drug-likeness (QED) is 0.466. The topological polar surface area (TPSA) is 87.6 Å². The molecule has 3 aliphatic rings. The molecule has 2 saturated heterocycles. The third-order valence-corrected chi connectivity index (χ3v) is 8.68. The van der Waals surface area contributed by atoms with Crippen LogP contribution in [0.25, 0.3) is 0 Å². The molecule has 1 amide bonds. The summed E-state index contributed by atoms with van der Waals surface area (Å²) in [5.74, 6) is 0.419. The minimum absolute atomic E-state index is 0.0474. The van der Waals surface area contributed by atoms with Gasteiger partial charge >= 0.3 is 5.97 Å². The third kappa shape index (κ3) is 7.42. The number of carbonyl (C=O) groups excluding carboxylic acids is 1. The lowest BCUT2D eigenvalue weighted by Crippen LogP contribution is -2.53. The molecule has 2 N–H and O–H groups in total. The van der Waals surface area contributed by atoms with Gasteiger partial charge in [0.25, 0.3) is 5.91 Å². The summed E-state index contributed by atoms with van der Waals surface area (Å²) in [6, 6.07) is 15.9. The van der Waals surface area contributed by atoms with Gasteiger partial charge in [0, 0.05) is 63.8 Å². The molecule has 2 aromatic carbocycles. The molecule has 1 saturated carbocycles. The molecule has 2 aromatic rings. The van der Waals surface area contributed by atoms with Crippen molar-refractivity contribution in [1.29, 1.82) is 0 Å². The van der Waals surface area contributed by atoms with Crippen LogP contribution in [0.15, 0.2) is 48.5 Å². The highest BCUT2D eigenvalue weighted by Crippen LogP contribution is 2.35. The van der Waals surface area contributed by atoms with E-state index in [4.69, 9.17) is 5.11 Å². The number of hydrogen-bond acceptors (Lipinski definition) is 6. The zero-order chi connectivity index (χ0) is 28.1. The van der Waals surface area contributed by atoms with E-state index in [0.29, 0.717) is 31.1 Å². The molecule has 2 atom stereocenters. The molecule has 2 aliphatic heterocycles. The summed E-state index contributed by atoms with van der Waals surface area (Å²) >= 11 is 0. The van der Waals surface area contributed by atoms with E-state index in [1.54, 1.807) is 6.07 Å². The average molecular weight is 549 g/mol. The second-order valence-electron chi connectivity index (χ2n) is 11.9. The van der Waals surface area contributed by atoms with Gasteiger partial charge in [0.15, 0.2) is 0 Å². The van der Waals surface area contributed by atoms with Gasteiger partial charge in [-0.05, 0) is 87.0 Å². The van der Waals surface area contributed by atoms with Crippen LogP contribution in [0.2, 0.25) is 0 Å². The first kappa shape index (κ1) is 28.6. The van der Waals surface area contributed by atoms with E-state index in [1.807, 2.05) is 29.2 Å². The van der Waals surface area contributed by atoms with Crippen LogP contribution in [0.5, 0.6) is 5.75 Å². The van der Waals surface area contributed by atoms with Gasteiger partial charge in [-0.25, -0.2) is 0 Å². The van der Waals surface area contributed by atoms with Crippen molar-refractivity contribution in [3.63, 3.8) is 0 Å². The van der Waals surface area contributed by atoms with Crippen LogP contribution in [0, 0.1) is 5.92 Å². The maximum Gasteiger partial charge on any atom is 0.303 e. The Hall–Kier alpha value is -2.94. The average Bonchev–Trinajstić information content (AvgIpc) is 3.77. The molecule has 216 valence electrons. The Bertz CT molecular complexity index is 1170. The molecule has 40 heavy (non-hydrogen) atoms. The number of hydrogen-bond donors (Lipinski definition) is 2. The van der Waals surface area contributed by atoms with Gasteiger partial charge in [-0.15, -0.1) is 0 Å². The number of benzene rings is 2. The minimum atomic E-state index is -0.759. The zero-order valence-electron chi connectivity index (χ0n) is 23.8. The van der Waals surface area contributed by atoms with Crippen LogP contribution in [0.3, 0.4) is 0 Å². The van der Waals surface area contributed by atoms with Gasteiger partial charge in [-0.1, -0.05) is 24.3 Å². The SMILES string of the molecule is CC1CN(CC2CC2)CCN1C(c1cccc(O)c1)c1cccc(C(=O)N2CCCN(CCCC(=O)O)CC2)c1. The van der Waals surface area contributed by atoms with Crippen LogP contribution in [-0.2, 0) is 4.79 Å². The number of phenolic OH excluding ortho intramolecular Hbond substituents is 1. The van der Waals surface area contributed by atoms with Gasteiger partial charge in [0.05, 0.1) is 6.04 Å². The van der Waals surface area contributed by atoms with E-state index in [0.717, 1.165) is 62.7 Å². The zero-order valence-corrected chi connectivity index (χ0v) is 23.8. The van der Waals surface area contributed by atoms with Gasteiger partial charge in [0.2, 0.25) is 0 Å². The van der Waals surface area contributed by atoms with Crippen molar-refractivity contribution in [2.24, 2.45) is 5.92 Å². The predicted octanol–water partition coefficient (Wildman–Crippen LogP) is 3.91. The van der Waals surface area contributed by atoms with E-state index >= 15 is 0 Å². The Morgan fingerprint density at radius 2 is 1.68 bits per heavy atom. The van der Waals surface area contributed by atoms with E-state index in [-0.39, 0.29) is 24.1 Å². The van der Waals surface area contributed by atoms with Gasteiger partial charge in [0.1, 0.15) is 5.75 Å². The smallest absolute Gasteiger partial charge is 0.303 e. The number of nitrogens with zero attached hydrogens (tertiary/aromatic N) is 4. The first-order valence-electron chi connectivity index (χ1n) is 15.0. The highest BCUT2D eigenvalue weighted by atomic mass is 16.4. The first-order valence-corrected chi connectivity index (χ1v) is 15.0. The van der Waals surface area contributed by atoms with E-state index in [1.165, 1.54) is 19.4 Å². The fourth-order valence-electron chi connectivity index (χ4n) is 6.41. The lowest BCUT2D eigenvalue weighted by atomic mass is 9.93. The summed E-state index contributed by atoms with van der Waals surface area (Å²) in [5, 5.41) is 19.3. The Kier molecular flexibility index (Phi) is 9.40. The van der Waals surface area contributed by atoms with Crippen LogP contribution >= 0.6 is 0 Å². The number of aromatic hydroxyl groups is 1. The van der Waals surface area contributed by atoms with Crippen molar-refractivity contribution in [3.05, 3.63) is 65.2 Å². The first-order chi connectivity index (χ1) is 19.4. The molecule has 0 spiro atoms. The van der Waals surface area contributed by atoms with Crippen molar-refractivity contribution in [1.82, 2.24) is 19.6 Å². The van der Waals surface area contributed by atoms with E-state index < -0.39 is 5.97 Å². The maximum atomic E-state index is 13.7. The summed E-state index contributed by atoms with van der Waals surface area (Å²) in [6.45, 7) is 10.2.